The van der Waals surface area contributed by atoms with Gasteiger partial charge in [-0.2, -0.15) is 0 Å². The normalized spacial score (nSPS) is 30.7. The summed E-state index contributed by atoms with van der Waals surface area (Å²) in [7, 11) is 0. The fourth-order valence-corrected chi connectivity index (χ4v) is 4.05. The van der Waals surface area contributed by atoms with Gasteiger partial charge in [-0.05, 0) is 67.0 Å². The van der Waals surface area contributed by atoms with Crippen LogP contribution in [0.5, 0.6) is 0 Å². The van der Waals surface area contributed by atoms with Crippen LogP contribution in [0.3, 0.4) is 0 Å². The highest BCUT2D eigenvalue weighted by Gasteiger charge is 2.53. The van der Waals surface area contributed by atoms with Crippen molar-refractivity contribution in [1.29, 1.82) is 0 Å². The van der Waals surface area contributed by atoms with E-state index in [1.807, 2.05) is 0 Å². The third-order valence-corrected chi connectivity index (χ3v) is 5.09. The number of halogens is 2. The molecule has 3 rings (SSSR count). The smallest absolute Gasteiger partial charge is 0.129 e. The molecule has 2 fully saturated rings. The molecule has 2 aliphatic carbocycles. The average Bonchev–Trinajstić information content (AvgIpc) is 3.01. The van der Waals surface area contributed by atoms with Crippen LogP contribution in [0.4, 0.5) is 8.78 Å². The van der Waals surface area contributed by atoms with Gasteiger partial charge in [-0.1, -0.05) is 19.9 Å². The van der Waals surface area contributed by atoms with Crippen molar-refractivity contribution in [1.82, 2.24) is 5.32 Å². The first kappa shape index (κ1) is 15.0. The van der Waals surface area contributed by atoms with Crippen molar-refractivity contribution >= 4 is 0 Å². The molecule has 2 saturated carbocycles. The molecule has 0 aromatic heterocycles. The van der Waals surface area contributed by atoms with Crippen LogP contribution in [0.2, 0.25) is 0 Å². The van der Waals surface area contributed by atoms with Crippen LogP contribution in [0.15, 0.2) is 18.2 Å². The van der Waals surface area contributed by atoms with Gasteiger partial charge in [0.2, 0.25) is 0 Å². The maximum absolute atomic E-state index is 14.0. The molecule has 0 radical (unpaired) electrons. The average molecular weight is 293 g/mol. The highest BCUT2D eigenvalue weighted by Crippen LogP contribution is 2.60. The Kier molecular flexibility index (Phi) is 4.04. The SMILES string of the molecule is CC(C)CNCC1(Cc2ccc(F)cc2F)CC2CC2C1. The Balaban J connectivity index is 1.70. The fraction of sp³-hybridized carbons (Fsp3) is 0.667. The lowest BCUT2D eigenvalue weighted by Crippen LogP contribution is -2.37. The van der Waals surface area contributed by atoms with Crippen LogP contribution in [0, 0.1) is 34.8 Å². The van der Waals surface area contributed by atoms with Crippen molar-refractivity contribution in [3.63, 3.8) is 0 Å². The van der Waals surface area contributed by atoms with Crippen molar-refractivity contribution < 1.29 is 8.78 Å². The Bertz CT molecular complexity index is 502. The largest absolute Gasteiger partial charge is 0.316 e. The molecule has 2 unspecified atom stereocenters. The number of benzene rings is 1. The van der Waals surface area contributed by atoms with E-state index < -0.39 is 5.82 Å². The summed E-state index contributed by atoms with van der Waals surface area (Å²) in [5.41, 5.74) is 0.838. The zero-order chi connectivity index (χ0) is 15.0. The second-order valence-electron chi connectivity index (χ2n) is 7.60. The van der Waals surface area contributed by atoms with E-state index >= 15 is 0 Å². The van der Waals surface area contributed by atoms with Crippen LogP contribution in [-0.4, -0.2) is 13.1 Å². The molecule has 1 nitrogen and oxygen atoms in total. The minimum atomic E-state index is -0.488. The minimum Gasteiger partial charge on any atom is -0.316 e. The molecule has 0 heterocycles. The summed E-state index contributed by atoms with van der Waals surface area (Å²) in [5, 5.41) is 3.56. The van der Waals surface area contributed by atoms with Crippen LogP contribution >= 0.6 is 0 Å². The van der Waals surface area contributed by atoms with E-state index in [0.29, 0.717) is 11.5 Å². The van der Waals surface area contributed by atoms with Gasteiger partial charge in [0.15, 0.2) is 0 Å². The lowest BCUT2D eigenvalue weighted by molar-refractivity contribution is 0.242. The predicted octanol–water partition coefficient (Wildman–Crippen LogP) is 4.17. The number of fused-ring (bicyclic) bond motifs is 1. The summed E-state index contributed by atoms with van der Waals surface area (Å²) >= 11 is 0. The lowest BCUT2D eigenvalue weighted by Gasteiger charge is -2.32. The van der Waals surface area contributed by atoms with Gasteiger partial charge in [-0.3, -0.25) is 0 Å². The monoisotopic (exact) mass is 293 g/mol. The number of hydrogen-bond donors (Lipinski definition) is 1. The Labute approximate surface area is 126 Å². The summed E-state index contributed by atoms with van der Waals surface area (Å²) < 4.78 is 27.0. The molecular weight excluding hydrogens is 268 g/mol. The zero-order valence-electron chi connectivity index (χ0n) is 13.0. The lowest BCUT2D eigenvalue weighted by atomic mass is 9.77. The van der Waals surface area contributed by atoms with Crippen LogP contribution in [0.1, 0.15) is 38.7 Å². The molecule has 1 N–H and O–H groups in total. The van der Waals surface area contributed by atoms with Crippen molar-refractivity contribution in [2.24, 2.45) is 23.2 Å². The Hall–Kier alpha value is -0.960. The van der Waals surface area contributed by atoms with Gasteiger partial charge >= 0.3 is 0 Å². The van der Waals surface area contributed by atoms with Crippen molar-refractivity contribution in [3.05, 3.63) is 35.4 Å². The Morgan fingerprint density at radius 1 is 1.24 bits per heavy atom. The maximum Gasteiger partial charge on any atom is 0.129 e. The Morgan fingerprint density at radius 3 is 2.57 bits per heavy atom. The number of rotatable bonds is 6. The summed E-state index contributed by atoms with van der Waals surface area (Å²) in [5.74, 6) is 1.46. The summed E-state index contributed by atoms with van der Waals surface area (Å²) in [6.45, 7) is 6.36. The molecule has 21 heavy (non-hydrogen) atoms. The summed E-state index contributed by atoms with van der Waals surface area (Å²) in [4.78, 5) is 0. The molecule has 116 valence electrons. The topological polar surface area (TPSA) is 12.0 Å². The van der Waals surface area contributed by atoms with Crippen molar-refractivity contribution in [2.75, 3.05) is 13.1 Å². The molecular formula is C18H25F2N. The van der Waals surface area contributed by atoms with Gasteiger partial charge in [0, 0.05) is 12.6 Å². The van der Waals surface area contributed by atoms with E-state index in [4.69, 9.17) is 0 Å². The fourth-order valence-electron chi connectivity index (χ4n) is 4.05. The first-order chi connectivity index (χ1) is 9.97. The zero-order valence-corrected chi connectivity index (χ0v) is 13.0. The van der Waals surface area contributed by atoms with E-state index in [9.17, 15) is 8.78 Å². The third kappa shape index (κ3) is 3.45. The van der Waals surface area contributed by atoms with Gasteiger partial charge in [0.25, 0.3) is 0 Å². The van der Waals surface area contributed by atoms with Crippen LogP contribution in [-0.2, 0) is 6.42 Å². The van der Waals surface area contributed by atoms with Gasteiger partial charge < -0.3 is 5.32 Å². The minimum absolute atomic E-state index is 0.168. The standard InChI is InChI=1S/C18H25F2N/c1-12(2)10-21-11-18(8-14-5-15(14)9-18)7-13-3-4-16(19)6-17(13)20/h3-4,6,12,14-15,21H,5,7-11H2,1-2H3. The molecule has 0 spiro atoms. The van der Waals surface area contributed by atoms with Crippen molar-refractivity contribution in [3.8, 4) is 0 Å². The van der Waals surface area contributed by atoms with Gasteiger partial charge in [0.1, 0.15) is 11.6 Å². The Morgan fingerprint density at radius 2 is 1.95 bits per heavy atom. The maximum atomic E-state index is 14.0. The summed E-state index contributed by atoms with van der Waals surface area (Å²) in [6, 6.07) is 4.02. The molecule has 0 aliphatic heterocycles. The van der Waals surface area contributed by atoms with E-state index in [2.05, 4.69) is 19.2 Å². The van der Waals surface area contributed by atoms with E-state index in [0.717, 1.165) is 37.4 Å². The molecule has 3 heteroatoms. The predicted molar refractivity (Wildman–Crippen MR) is 81.0 cm³/mol. The van der Waals surface area contributed by atoms with Gasteiger partial charge in [-0.15, -0.1) is 0 Å². The number of nitrogens with one attached hydrogen (secondary N) is 1. The molecule has 1 aromatic rings. The third-order valence-electron chi connectivity index (χ3n) is 5.09. The molecule has 0 saturated heterocycles. The van der Waals surface area contributed by atoms with Gasteiger partial charge in [-0.25, -0.2) is 8.78 Å². The molecule has 2 atom stereocenters. The second-order valence-corrected chi connectivity index (χ2v) is 7.60. The van der Waals surface area contributed by atoms with E-state index in [1.54, 1.807) is 6.07 Å². The second kappa shape index (κ2) is 5.68. The van der Waals surface area contributed by atoms with Gasteiger partial charge in [0.05, 0.1) is 0 Å². The quantitative estimate of drug-likeness (QED) is 0.830. The van der Waals surface area contributed by atoms with E-state index in [-0.39, 0.29) is 11.2 Å². The molecule has 0 bridgehead atoms. The van der Waals surface area contributed by atoms with Crippen molar-refractivity contribution in [2.45, 2.75) is 39.5 Å². The molecule has 2 aliphatic rings. The van der Waals surface area contributed by atoms with Crippen LogP contribution in [0.25, 0.3) is 0 Å². The highest BCUT2D eigenvalue weighted by atomic mass is 19.1. The first-order valence-corrected chi connectivity index (χ1v) is 8.12. The van der Waals surface area contributed by atoms with Crippen LogP contribution < -0.4 is 5.32 Å². The summed E-state index contributed by atoms with van der Waals surface area (Å²) in [6.07, 6.45) is 4.48. The van der Waals surface area contributed by atoms with E-state index in [1.165, 1.54) is 25.3 Å². The highest BCUT2D eigenvalue weighted by molar-refractivity contribution is 5.22. The first-order valence-electron chi connectivity index (χ1n) is 8.12. The molecule has 1 aromatic carbocycles. The number of hydrogen-bond acceptors (Lipinski definition) is 1. The molecule has 0 amide bonds.